The molecular formula is C16H20N4O2S. The average Bonchev–Trinajstić information content (AvgIpc) is 2.87. The van der Waals surface area contributed by atoms with E-state index in [4.69, 9.17) is 0 Å². The van der Waals surface area contributed by atoms with Crippen LogP contribution >= 0.6 is 11.3 Å². The van der Waals surface area contributed by atoms with Crippen molar-refractivity contribution in [3.63, 3.8) is 0 Å². The topological polar surface area (TPSA) is 74.3 Å². The zero-order valence-electron chi connectivity index (χ0n) is 13.4. The van der Waals surface area contributed by atoms with Gasteiger partial charge in [0.1, 0.15) is 4.88 Å². The number of thiazole rings is 1. The van der Waals surface area contributed by atoms with Gasteiger partial charge in [0.05, 0.1) is 5.69 Å². The van der Waals surface area contributed by atoms with Gasteiger partial charge in [0.2, 0.25) is 5.91 Å². The number of para-hydroxylation sites is 1. The Hall–Kier alpha value is -2.25. The van der Waals surface area contributed by atoms with Crippen LogP contribution in [0.5, 0.6) is 0 Å². The Kier molecular flexibility index (Phi) is 5.84. The van der Waals surface area contributed by atoms with Gasteiger partial charge in [-0.1, -0.05) is 29.5 Å². The Morgan fingerprint density at radius 1 is 1.17 bits per heavy atom. The highest BCUT2D eigenvalue weighted by Crippen LogP contribution is 2.23. The third-order valence-electron chi connectivity index (χ3n) is 3.07. The minimum atomic E-state index is -0.222. The van der Waals surface area contributed by atoms with Crippen LogP contribution in [0.1, 0.15) is 21.8 Å². The highest BCUT2D eigenvalue weighted by molar-refractivity contribution is 7.17. The van der Waals surface area contributed by atoms with Gasteiger partial charge in [-0.3, -0.25) is 9.59 Å². The van der Waals surface area contributed by atoms with Gasteiger partial charge in [-0.25, -0.2) is 4.98 Å². The number of nitrogens with one attached hydrogen (secondary N) is 2. The molecule has 1 aromatic heterocycles. The Bertz CT molecular complexity index is 683. The van der Waals surface area contributed by atoms with E-state index in [-0.39, 0.29) is 11.8 Å². The average molecular weight is 332 g/mol. The van der Waals surface area contributed by atoms with E-state index in [1.807, 2.05) is 49.3 Å². The zero-order chi connectivity index (χ0) is 16.8. The van der Waals surface area contributed by atoms with Crippen molar-refractivity contribution in [2.45, 2.75) is 13.3 Å². The maximum Gasteiger partial charge on any atom is 0.267 e. The van der Waals surface area contributed by atoms with Crippen LogP contribution in [0.4, 0.5) is 10.8 Å². The number of anilines is 2. The number of carbonyl (C=O) groups is 2. The number of amides is 2. The van der Waals surface area contributed by atoms with E-state index in [0.29, 0.717) is 28.7 Å². The third kappa shape index (κ3) is 5.15. The number of carbonyl (C=O) groups excluding carboxylic acids is 2. The fourth-order valence-electron chi connectivity index (χ4n) is 1.88. The molecule has 0 aliphatic heterocycles. The molecule has 122 valence electrons. The van der Waals surface area contributed by atoms with Crippen LogP contribution in [0.25, 0.3) is 0 Å². The number of aryl methyl sites for hydroxylation is 1. The molecular weight excluding hydrogens is 312 g/mol. The quantitative estimate of drug-likeness (QED) is 0.853. The molecule has 1 heterocycles. The van der Waals surface area contributed by atoms with Gasteiger partial charge >= 0.3 is 0 Å². The molecule has 2 rings (SSSR count). The molecule has 0 radical (unpaired) electrons. The van der Waals surface area contributed by atoms with Gasteiger partial charge in [-0.15, -0.1) is 0 Å². The van der Waals surface area contributed by atoms with E-state index >= 15 is 0 Å². The summed E-state index contributed by atoms with van der Waals surface area (Å²) in [6.07, 6.45) is 0.386. The van der Waals surface area contributed by atoms with Crippen LogP contribution < -0.4 is 10.6 Å². The van der Waals surface area contributed by atoms with Gasteiger partial charge in [-0.05, 0) is 33.2 Å². The number of nitrogens with zero attached hydrogens (tertiary/aromatic N) is 2. The second-order valence-electron chi connectivity index (χ2n) is 5.36. The first kappa shape index (κ1) is 17.1. The standard InChI is InChI=1S/C16H20N4O2S/c1-11-14(15(22)18-12-7-5-4-6-8-12)23-16(17-11)19-13(21)9-10-20(2)3/h4-8H,9-10H2,1-3H3,(H,18,22)(H,17,19,21). The van der Waals surface area contributed by atoms with E-state index in [0.717, 1.165) is 5.69 Å². The summed E-state index contributed by atoms with van der Waals surface area (Å²) in [5.74, 6) is -0.331. The predicted octanol–water partition coefficient (Wildman–Crippen LogP) is 2.59. The van der Waals surface area contributed by atoms with Crippen molar-refractivity contribution >= 4 is 34.0 Å². The number of hydrogen-bond acceptors (Lipinski definition) is 5. The molecule has 0 saturated carbocycles. The third-order valence-corrected chi connectivity index (χ3v) is 4.14. The van der Waals surface area contributed by atoms with Crippen molar-refractivity contribution in [3.8, 4) is 0 Å². The molecule has 0 atom stereocenters. The SMILES string of the molecule is Cc1nc(NC(=O)CCN(C)C)sc1C(=O)Nc1ccccc1. The monoisotopic (exact) mass is 332 g/mol. The number of rotatable bonds is 6. The summed E-state index contributed by atoms with van der Waals surface area (Å²) in [7, 11) is 3.82. The van der Waals surface area contributed by atoms with E-state index in [2.05, 4.69) is 15.6 Å². The molecule has 6 nitrogen and oxygen atoms in total. The second-order valence-corrected chi connectivity index (χ2v) is 6.35. The van der Waals surface area contributed by atoms with E-state index in [1.165, 1.54) is 11.3 Å². The minimum absolute atomic E-state index is 0.109. The van der Waals surface area contributed by atoms with Crippen molar-refractivity contribution in [2.24, 2.45) is 0 Å². The van der Waals surface area contributed by atoms with Gasteiger partial charge in [-0.2, -0.15) is 0 Å². The lowest BCUT2D eigenvalue weighted by molar-refractivity contribution is -0.116. The molecule has 2 aromatic rings. The van der Waals surface area contributed by atoms with Gasteiger partial charge in [0.25, 0.3) is 5.91 Å². The van der Waals surface area contributed by atoms with Crippen molar-refractivity contribution < 1.29 is 9.59 Å². The lowest BCUT2D eigenvalue weighted by atomic mass is 10.3. The molecule has 0 aliphatic carbocycles. The van der Waals surface area contributed by atoms with Crippen LogP contribution in [0.3, 0.4) is 0 Å². The Labute approximate surface area is 139 Å². The summed E-state index contributed by atoms with van der Waals surface area (Å²) >= 11 is 1.18. The molecule has 0 spiro atoms. The molecule has 23 heavy (non-hydrogen) atoms. The molecule has 0 aliphatic rings. The summed E-state index contributed by atoms with van der Waals surface area (Å²) in [4.78, 5) is 30.8. The van der Waals surface area contributed by atoms with Crippen LogP contribution in [0, 0.1) is 6.92 Å². The Balaban J connectivity index is 2.00. The summed E-state index contributed by atoms with van der Waals surface area (Å²) in [5.41, 5.74) is 1.33. The van der Waals surface area contributed by atoms with Crippen LogP contribution in [-0.4, -0.2) is 42.3 Å². The molecule has 1 aromatic carbocycles. The Morgan fingerprint density at radius 3 is 2.52 bits per heavy atom. The van der Waals surface area contributed by atoms with E-state index in [1.54, 1.807) is 6.92 Å². The van der Waals surface area contributed by atoms with Crippen LogP contribution in [0.2, 0.25) is 0 Å². The smallest absolute Gasteiger partial charge is 0.267 e. The normalized spacial score (nSPS) is 10.6. The fourth-order valence-corrected chi connectivity index (χ4v) is 2.75. The predicted molar refractivity (Wildman–Crippen MR) is 93.0 cm³/mol. The van der Waals surface area contributed by atoms with Crippen LogP contribution in [-0.2, 0) is 4.79 Å². The molecule has 0 unspecified atom stereocenters. The largest absolute Gasteiger partial charge is 0.321 e. The molecule has 2 N–H and O–H groups in total. The Morgan fingerprint density at radius 2 is 1.87 bits per heavy atom. The number of aromatic nitrogens is 1. The highest BCUT2D eigenvalue weighted by atomic mass is 32.1. The minimum Gasteiger partial charge on any atom is -0.321 e. The first-order valence-electron chi connectivity index (χ1n) is 7.24. The van der Waals surface area contributed by atoms with E-state index in [9.17, 15) is 9.59 Å². The van der Waals surface area contributed by atoms with Gasteiger partial charge < -0.3 is 15.5 Å². The molecule has 2 amide bonds. The maximum atomic E-state index is 12.3. The first-order chi connectivity index (χ1) is 11.0. The summed E-state index contributed by atoms with van der Waals surface area (Å²) in [6, 6.07) is 9.22. The molecule has 0 fully saturated rings. The summed E-state index contributed by atoms with van der Waals surface area (Å²) in [6.45, 7) is 2.42. The lowest BCUT2D eigenvalue weighted by Gasteiger charge is -2.08. The summed E-state index contributed by atoms with van der Waals surface area (Å²) in [5, 5.41) is 6.01. The maximum absolute atomic E-state index is 12.3. The lowest BCUT2D eigenvalue weighted by Crippen LogP contribution is -2.20. The zero-order valence-corrected chi connectivity index (χ0v) is 14.2. The van der Waals surface area contributed by atoms with Crippen molar-refractivity contribution in [1.29, 1.82) is 0 Å². The fraction of sp³-hybridized carbons (Fsp3) is 0.312. The van der Waals surface area contributed by atoms with Crippen molar-refractivity contribution in [2.75, 3.05) is 31.3 Å². The van der Waals surface area contributed by atoms with Crippen LogP contribution in [0.15, 0.2) is 30.3 Å². The molecule has 0 bridgehead atoms. The number of benzene rings is 1. The van der Waals surface area contributed by atoms with Crippen molar-refractivity contribution in [1.82, 2.24) is 9.88 Å². The molecule has 0 saturated heterocycles. The molecule has 7 heteroatoms. The van der Waals surface area contributed by atoms with Crippen molar-refractivity contribution in [3.05, 3.63) is 40.9 Å². The highest BCUT2D eigenvalue weighted by Gasteiger charge is 2.16. The summed E-state index contributed by atoms with van der Waals surface area (Å²) < 4.78 is 0. The van der Waals surface area contributed by atoms with E-state index < -0.39 is 0 Å². The first-order valence-corrected chi connectivity index (χ1v) is 8.06. The van der Waals surface area contributed by atoms with Gasteiger partial charge in [0.15, 0.2) is 5.13 Å². The second kappa shape index (κ2) is 7.85. The number of hydrogen-bond donors (Lipinski definition) is 2. The van der Waals surface area contributed by atoms with Gasteiger partial charge in [0, 0.05) is 18.7 Å².